The summed E-state index contributed by atoms with van der Waals surface area (Å²) in [5.41, 5.74) is 3.61. The van der Waals surface area contributed by atoms with Gasteiger partial charge in [0.1, 0.15) is 0 Å². The molecule has 1 aromatic heterocycles. The van der Waals surface area contributed by atoms with Crippen LogP contribution < -0.4 is 5.32 Å². The Morgan fingerprint density at radius 3 is 2.58 bits per heavy atom. The fourth-order valence-corrected chi connectivity index (χ4v) is 3.01. The lowest BCUT2D eigenvalue weighted by atomic mass is 9.94. The predicted molar refractivity (Wildman–Crippen MR) is 81.2 cm³/mol. The van der Waals surface area contributed by atoms with Crippen LogP contribution in [0, 0.1) is 0 Å². The van der Waals surface area contributed by atoms with E-state index in [-0.39, 0.29) is 0 Å². The van der Waals surface area contributed by atoms with Crippen LogP contribution in [0.3, 0.4) is 0 Å². The van der Waals surface area contributed by atoms with Gasteiger partial charge in [-0.1, -0.05) is 28.1 Å². The fraction of sp³-hybridized carbons (Fsp3) is 0.400. The van der Waals surface area contributed by atoms with E-state index < -0.39 is 0 Å². The summed E-state index contributed by atoms with van der Waals surface area (Å²) in [5.74, 6) is 0.642. The van der Waals surface area contributed by atoms with Crippen LogP contribution in [0.2, 0.25) is 0 Å². The number of rotatable bonds is 2. The van der Waals surface area contributed by atoms with Crippen molar-refractivity contribution in [2.45, 2.75) is 18.8 Å². The van der Waals surface area contributed by atoms with Crippen LogP contribution in [0.5, 0.6) is 0 Å². The quantitative estimate of drug-likeness (QED) is 0.920. The summed E-state index contributed by atoms with van der Waals surface area (Å²) < 4.78 is 3.15. The van der Waals surface area contributed by atoms with Gasteiger partial charge in [0.15, 0.2) is 0 Å². The SMILES string of the molecule is Cn1nc(-c2ccc(Br)cc2)cc1C1CCNCC1. The van der Waals surface area contributed by atoms with Gasteiger partial charge in [-0.2, -0.15) is 5.10 Å². The molecule has 1 aliphatic rings. The lowest BCUT2D eigenvalue weighted by Crippen LogP contribution is -2.27. The molecule has 3 rings (SSSR count). The van der Waals surface area contributed by atoms with Crippen LogP contribution in [-0.4, -0.2) is 22.9 Å². The smallest absolute Gasteiger partial charge is 0.0926 e. The van der Waals surface area contributed by atoms with E-state index in [0.29, 0.717) is 5.92 Å². The molecule has 2 aromatic rings. The molecule has 3 nitrogen and oxygen atoms in total. The molecule has 0 spiro atoms. The van der Waals surface area contributed by atoms with Gasteiger partial charge in [-0.05, 0) is 44.1 Å². The van der Waals surface area contributed by atoms with Crippen LogP contribution >= 0.6 is 15.9 Å². The second-order valence-corrected chi connectivity index (χ2v) is 6.02. The van der Waals surface area contributed by atoms with Crippen LogP contribution in [0.4, 0.5) is 0 Å². The van der Waals surface area contributed by atoms with Crippen LogP contribution in [0.1, 0.15) is 24.5 Å². The van der Waals surface area contributed by atoms with Crippen molar-refractivity contribution in [2.75, 3.05) is 13.1 Å². The molecule has 100 valence electrons. The number of halogens is 1. The van der Waals surface area contributed by atoms with E-state index in [9.17, 15) is 0 Å². The minimum Gasteiger partial charge on any atom is -0.317 e. The van der Waals surface area contributed by atoms with Crippen LogP contribution in [0.15, 0.2) is 34.8 Å². The first kappa shape index (κ1) is 12.9. The normalized spacial score (nSPS) is 16.7. The van der Waals surface area contributed by atoms with Gasteiger partial charge in [-0.3, -0.25) is 4.68 Å². The summed E-state index contributed by atoms with van der Waals surface area (Å²) in [7, 11) is 2.06. The highest BCUT2D eigenvalue weighted by Crippen LogP contribution is 2.29. The third-order valence-electron chi connectivity index (χ3n) is 3.81. The minimum absolute atomic E-state index is 0.642. The average molecular weight is 320 g/mol. The summed E-state index contributed by atoms with van der Waals surface area (Å²) in [6.45, 7) is 2.23. The maximum Gasteiger partial charge on any atom is 0.0926 e. The molecule has 19 heavy (non-hydrogen) atoms. The largest absolute Gasteiger partial charge is 0.317 e. The zero-order chi connectivity index (χ0) is 13.2. The summed E-state index contributed by atoms with van der Waals surface area (Å²) in [6, 6.07) is 10.6. The zero-order valence-electron chi connectivity index (χ0n) is 11.1. The molecule has 0 atom stereocenters. The molecule has 1 aliphatic heterocycles. The third kappa shape index (κ3) is 2.74. The summed E-state index contributed by atoms with van der Waals surface area (Å²) in [5, 5.41) is 8.08. The number of nitrogens with one attached hydrogen (secondary N) is 1. The number of hydrogen-bond acceptors (Lipinski definition) is 2. The second-order valence-electron chi connectivity index (χ2n) is 5.11. The summed E-state index contributed by atoms with van der Waals surface area (Å²) >= 11 is 3.47. The van der Waals surface area contributed by atoms with E-state index in [0.717, 1.165) is 23.3 Å². The number of nitrogens with zero attached hydrogens (tertiary/aromatic N) is 2. The monoisotopic (exact) mass is 319 g/mol. The summed E-state index contributed by atoms with van der Waals surface area (Å²) in [6.07, 6.45) is 2.42. The number of benzene rings is 1. The molecule has 1 saturated heterocycles. The van der Waals surface area contributed by atoms with Crippen molar-refractivity contribution in [1.82, 2.24) is 15.1 Å². The Morgan fingerprint density at radius 2 is 1.89 bits per heavy atom. The van der Waals surface area contributed by atoms with Gasteiger partial charge in [-0.25, -0.2) is 0 Å². The molecule has 1 N–H and O–H groups in total. The van der Waals surface area contributed by atoms with Crippen LogP contribution in [-0.2, 0) is 7.05 Å². The average Bonchev–Trinajstić information content (AvgIpc) is 2.83. The van der Waals surface area contributed by atoms with Crippen molar-refractivity contribution in [1.29, 1.82) is 0 Å². The molecular weight excluding hydrogens is 302 g/mol. The van der Waals surface area contributed by atoms with Gasteiger partial charge < -0.3 is 5.32 Å². The Hall–Kier alpha value is -1.13. The van der Waals surface area contributed by atoms with E-state index in [2.05, 4.69) is 63.7 Å². The highest BCUT2D eigenvalue weighted by Gasteiger charge is 2.19. The number of piperidine rings is 1. The molecule has 1 fully saturated rings. The second kappa shape index (κ2) is 5.47. The standard InChI is InChI=1S/C15H18BrN3/c1-19-15(12-6-8-17-9-7-12)10-14(18-19)11-2-4-13(16)5-3-11/h2-5,10,12,17H,6-9H2,1H3. The lowest BCUT2D eigenvalue weighted by Gasteiger charge is -2.22. The van der Waals surface area contributed by atoms with Gasteiger partial charge in [0, 0.05) is 28.7 Å². The highest BCUT2D eigenvalue weighted by molar-refractivity contribution is 9.10. The molecule has 1 aromatic carbocycles. The molecule has 0 unspecified atom stereocenters. The van der Waals surface area contributed by atoms with Gasteiger partial charge in [0.25, 0.3) is 0 Å². The molecule has 0 bridgehead atoms. The first-order chi connectivity index (χ1) is 9.24. The molecule has 0 radical (unpaired) electrons. The molecule has 0 amide bonds. The number of aromatic nitrogens is 2. The van der Waals surface area contributed by atoms with Crippen molar-refractivity contribution in [3.63, 3.8) is 0 Å². The Kier molecular flexibility index (Phi) is 3.71. The topological polar surface area (TPSA) is 29.9 Å². The van der Waals surface area contributed by atoms with E-state index in [1.165, 1.54) is 24.1 Å². The van der Waals surface area contributed by atoms with Crippen molar-refractivity contribution in [3.8, 4) is 11.3 Å². The van der Waals surface area contributed by atoms with Crippen molar-refractivity contribution < 1.29 is 0 Å². The highest BCUT2D eigenvalue weighted by atomic mass is 79.9. The molecule has 4 heteroatoms. The third-order valence-corrected chi connectivity index (χ3v) is 4.34. The zero-order valence-corrected chi connectivity index (χ0v) is 12.7. The van der Waals surface area contributed by atoms with E-state index in [1.54, 1.807) is 0 Å². The Morgan fingerprint density at radius 1 is 1.21 bits per heavy atom. The lowest BCUT2D eigenvalue weighted by molar-refractivity contribution is 0.440. The van der Waals surface area contributed by atoms with Gasteiger partial charge in [0.2, 0.25) is 0 Å². The molecule has 2 heterocycles. The summed E-state index contributed by atoms with van der Waals surface area (Å²) in [4.78, 5) is 0. The van der Waals surface area contributed by atoms with Crippen molar-refractivity contribution in [2.24, 2.45) is 7.05 Å². The Balaban J connectivity index is 1.90. The van der Waals surface area contributed by atoms with Gasteiger partial charge >= 0.3 is 0 Å². The first-order valence-electron chi connectivity index (χ1n) is 6.74. The maximum atomic E-state index is 4.67. The van der Waals surface area contributed by atoms with Crippen molar-refractivity contribution >= 4 is 15.9 Å². The van der Waals surface area contributed by atoms with Gasteiger partial charge in [-0.15, -0.1) is 0 Å². The molecule has 0 aliphatic carbocycles. The fourth-order valence-electron chi connectivity index (χ4n) is 2.74. The number of hydrogen-bond donors (Lipinski definition) is 1. The van der Waals surface area contributed by atoms with Crippen molar-refractivity contribution in [3.05, 3.63) is 40.5 Å². The molecular formula is C15H18BrN3. The predicted octanol–water partition coefficient (Wildman–Crippen LogP) is 3.32. The van der Waals surface area contributed by atoms with E-state index >= 15 is 0 Å². The van der Waals surface area contributed by atoms with Crippen LogP contribution in [0.25, 0.3) is 11.3 Å². The first-order valence-corrected chi connectivity index (χ1v) is 7.54. The maximum absolute atomic E-state index is 4.67. The van der Waals surface area contributed by atoms with Gasteiger partial charge in [0.05, 0.1) is 5.69 Å². The Bertz CT molecular complexity index is 553. The molecule has 0 saturated carbocycles. The number of aryl methyl sites for hydroxylation is 1. The van der Waals surface area contributed by atoms with E-state index in [4.69, 9.17) is 0 Å². The minimum atomic E-state index is 0.642. The Labute approximate surface area is 122 Å². The van der Waals surface area contributed by atoms with E-state index in [1.807, 2.05) is 4.68 Å².